The van der Waals surface area contributed by atoms with Gasteiger partial charge in [0.25, 0.3) is 0 Å². The van der Waals surface area contributed by atoms with Crippen LogP contribution in [0.4, 0.5) is 0 Å². The summed E-state index contributed by atoms with van der Waals surface area (Å²) >= 11 is 0. The van der Waals surface area contributed by atoms with E-state index in [0.29, 0.717) is 18.1 Å². The van der Waals surface area contributed by atoms with E-state index in [1.165, 1.54) is 5.57 Å². The molecule has 0 unspecified atom stereocenters. The Morgan fingerprint density at radius 3 is 2.58 bits per heavy atom. The number of nitrogens with zero attached hydrogens (tertiary/aromatic N) is 2. The topological polar surface area (TPSA) is 85.4 Å². The molecule has 0 aromatic heterocycles. The molecule has 0 bridgehead atoms. The maximum absolute atomic E-state index is 12.0. The quantitative estimate of drug-likeness (QED) is 0.371. The summed E-state index contributed by atoms with van der Waals surface area (Å²) in [6.07, 6.45) is 10.4. The molecule has 0 heterocycles. The van der Waals surface area contributed by atoms with E-state index in [0.717, 1.165) is 49.8 Å². The van der Waals surface area contributed by atoms with Crippen LogP contribution in [-0.2, 0) is 0 Å². The first-order valence-electron chi connectivity index (χ1n) is 9.84. The fraction of sp³-hybridized carbons (Fsp3) is 0.714. The van der Waals surface area contributed by atoms with Gasteiger partial charge < -0.3 is 15.5 Å². The van der Waals surface area contributed by atoms with Crippen molar-refractivity contribution >= 4 is 11.4 Å². The molecule has 2 saturated carbocycles. The van der Waals surface area contributed by atoms with E-state index in [1.807, 2.05) is 13.0 Å². The van der Waals surface area contributed by atoms with Crippen molar-refractivity contribution in [2.24, 2.45) is 33.0 Å². The Hall–Kier alpha value is -1.62. The second-order valence-corrected chi connectivity index (χ2v) is 9.23. The molecule has 2 fully saturated rings. The molecule has 3 N–H and O–H groups in total. The summed E-state index contributed by atoms with van der Waals surface area (Å²) in [5.74, 6) is 0.635. The van der Waals surface area contributed by atoms with Crippen molar-refractivity contribution in [1.82, 2.24) is 0 Å². The van der Waals surface area contributed by atoms with E-state index in [4.69, 9.17) is 5.21 Å². The van der Waals surface area contributed by atoms with Gasteiger partial charge >= 0.3 is 0 Å². The first kappa shape index (κ1) is 17.8. The van der Waals surface area contributed by atoms with Gasteiger partial charge in [0.1, 0.15) is 0 Å². The average Bonchev–Trinajstić information content (AvgIpc) is 2.98. The highest BCUT2D eigenvalue weighted by molar-refractivity contribution is 5.99. The molecule has 0 spiro atoms. The molecule has 0 radical (unpaired) electrons. The van der Waals surface area contributed by atoms with Crippen LogP contribution in [0.5, 0.6) is 0 Å². The van der Waals surface area contributed by atoms with Crippen molar-refractivity contribution in [3.63, 3.8) is 0 Å². The Morgan fingerprint density at radius 1 is 1.12 bits per heavy atom. The molecule has 4 aliphatic rings. The third-order valence-electron chi connectivity index (χ3n) is 8.41. The van der Waals surface area contributed by atoms with Crippen LogP contribution in [0, 0.1) is 22.7 Å². The van der Waals surface area contributed by atoms with E-state index in [-0.39, 0.29) is 16.7 Å². The van der Waals surface area contributed by atoms with Gasteiger partial charge in [0, 0.05) is 5.41 Å². The Morgan fingerprint density at radius 2 is 1.88 bits per heavy atom. The molecule has 0 saturated heterocycles. The van der Waals surface area contributed by atoms with E-state index < -0.39 is 5.60 Å². The van der Waals surface area contributed by atoms with Crippen molar-refractivity contribution in [3.05, 3.63) is 23.3 Å². The van der Waals surface area contributed by atoms with Gasteiger partial charge in [-0.25, -0.2) is 0 Å². The van der Waals surface area contributed by atoms with Crippen LogP contribution < -0.4 is 0 Å². The number of fused-ring (bicyclic) bond motifs is 5. The van der Waals surface area contributed by atoms with E-state index in [2.05, 4.69) is 30.2 Å². The third-order valence-corrected chi connectivity index (χ3v) is 8.41. The molecule has 142 valence electrons. The smallest absolute Gasteiger partial charge is 0.0799 e. The number of hydrogen-bond acceptors (Lipinski definition) is 5. The van der Waals surface area contributed by atoms with Crippen LogP contribution >= 0.6 is 0 Å². The van der Waals surface area contributed by atoms with E-state index in [9.17, 15) is 10.3 Å². The number of allylic oxidation sites excluding steroid dienone is 3. The maximum atomic E-state index is 12.0. The van der Waals surface area contributed by atoms with Gasteiger partial charge in [0.2, 0.25) is 0 Å². The first-order chi connectivity index (χ1) is 12.3. The highest BCUT2D eigenvalue weighted by Gasteiger charge is 2.64. The normalized spacial score (nSPS) is 46.9. The van der Waals surface area contributed by atoms with Crippen LogP contribution in [0.25, 0.3) is 0 Å². The molecule has 26 heavy (non-hydrogen) atoms. The first-order valence-corrected chi connectivity index (χ1v) is 9.84. The average molecular weight is 358 g/mol. The molecule has 5 atom stereocenters. The summed E-state index contributed by atoms with van der Waals surface area (Å²) in [5, 5.41) is 37.3. The molecule has 0 aromatic carbocycles. The summed E-state index contributed by atoms with van der Waals surface area (Å²) in [6.45, 7) is 6.38. The van der Waals surface area contributed by atoms with Crippen molar-refractivity contribution < 1.29 is 15.5 Å². The second-order valence-electron chi connectivity index (χ2n) is 9.23. The zero-order valence-corrected chi connectivity index (χ0v) is 16.0. The number of hydrogen-bond donors (Lipinski definition) is 3. The molecule has 0 aliphatic heterocycles. The van der Waals surface area contributed by atoms with Gasteiger partial charge in [-0.2, -0.15) is 0 Å². The Balaban J connectivity index is 1.72. The fourth-order valence-electron chi connectivity index (χ4n) is 6.78. The zero-order chi connectivity index (χ0) is 18.7. The largest absolute Gasteiger partial charge is 0.411 e. The van der Waals surface area contributed by atoms with Crippen molar-refractivity contribution in [2.75, 3.05) is 0 Å². The van der Waals surface area contributed by atoms with E-state index in [1.54, 1.807) is 0 Å². The van der Waals surface area contributed by atoms with Gasteiger partial charge in [-0.05, 0) is 80.8 Å². The summed E-state index contributed by atoms with van der Waals surface area (Å²) in [4.78, 5) is 0. The summed E-state index contributed by atoms with van der Waals surface area (Å²) in [5.41, 5.74) is 2.89. The summed E-state index contributed by atoms with van der Waals surface area (Å²) in [6, 6.07) is 0. The van der Waals surface area contributed by atoms with Gasteiger partial charge in [0.05, 0.1) is 17.0 Å². The molecular weight excluding hydrogens is 328 g/mol. The zero-order valence-electron chi connectivity index (χ0n) is 16.0. The lowest BCUT2D eigenvalue weighted by Crippen LogP contribution is -2.63. The van der Waals surface area contributed by atoms with Crippen LogP contribution in [0.15, 0.2) is 33.6 Å². The second kappa shape index (κ2) is 5.69. The third kappa shape index (κ3) is 2.07. The van der Waals surface area contributed by atoms with Gasteiger partial charge in [-0.3, -0.25) is 0 Å². The molecule has 5 heteroatoms. The predicted molar refractivity (Wildman–Crippen MR) is 101 cm³/mol. The van der Waals surface area contributed by atoms with Gasteiger partial charge in [-0.1, -0.05) is 35.8 Å². The number of rotatable bonds is 1. The lowest BCUT2D eigenvalue weighted by Gasteiger charge is -2.62. The molecular formula is C21H30N2O3. The van der Waals surface area contributed by atoms with Crippen molar-refractivity contribution in [1.29, 1.82) is 0 Å². The van der Waals surface area contributed by atoms with Gasteiger partial charge in [-0.15, -0.1) is 0 Å². The highest BCUT2D eigenvalue weighted by atomic mass is 16.4. The predicted octanol–water partition coefficient (Wildman–Crippen LogP) is 4.28. The van der Waals surface area contributed by atoms with Crippen LogP contribution in [0.2, 0.25) is 0 Å². The standard InChI is InChI=1S/C21H30N2O3/c1-13(22-25)16-6-7-17-18-5-4-14-12-15(23-26)8-9-20(14,3)21(18,24)11-10-19(16,17)2/h6,12,17-18,24-26H,4-5,7-11H2,1-3H3/t17-,18-,19+,20-,21+/m0/s1. The Labute approximate surface area is 155 Å². The van der Waals surface area contributed by atoms with Gasteiger partial charge in [0.15, 0.2) is 0 Å². The summed E-state index contributed by atoms with van der Waals surface area (Å²) in [7, 11) is 0. The molecule has 0 amide bonds. The van der Waals surface area contributed by atoms with Crippen molar-refractivity contribution in [2.45, 2.75) is 71.3 Å². The minimum atomic E-state index is -0.713. The van der Waals surface area contributed by atoms with Crippen LogP contribution in [0.1, 0.15) is 65.7 Å². The Bertz CT molecular complexity index is 752. The molecule has 0 aromatic rings. The summed E-state index contributed by atoms with van der Waals surface area (Å²) < 4.78 is 0. The highest BCUT2D eigenvalue weighted by Crippen LogP contribution is 2.67. The SMILES string of the molecule is CC(=NO)C1=CC[C@H]2[C@@H]3CCC4=CC(=NO)CC[C@]4(C)[C@@]3(O)CC[C@]12C. The number of aliphatic hydroxyl groups is 1. The molecule has 5 nitrogen and oxygen atoms in total. The molecule has 4 rings (SSSR count). The monoisotopic (exact) mass is 358 g/mol. The Kier molecular flexibility index (Phi) is 3.89. The minimum absolute atomic E-state index is 0.0167. The van der Waals surface area contributed by atoms with Crippen LogP contribution in [0.3, 0.4) is 0 Å². The lowest BCUT2D eigenvalue weighted by atomic mass is 9.44. The molecule has 4 aliphatic carbocycles. The van der Waals surface area contributed by atoms with E-state index >= 15 is 0 Å². The van der Waals surface area contributed by atoms with Crippen molar-refractivity contribution in [3.8, 4) is 0 Å². The minimum Gasteiger partial charge on any atom is -0.411 e. The number of oxime groups is 2. The lowest BCUT2D eigenvalue weighted by molar-refractivity contribution is -0.182. The maximum Gasteiger partial charge on any atom is 0.0799 e. The van der Waals surface area contributed by atoms with Crippen LogP contribution in [-0.4, -0.2) is 32.5 Å². The fourth-order valence-corrected chi connectivity index (χ4v) is 6.78.